The fourth-order valence-corrected chi connectivity index (χ4v) is 5.13. The first-order valence-corrected chi connectivity index (χ1v) is 8.52. The van der Waals surface area contributed by atoms with Gasteiger partial charge in [0.15, 0.2) is 0 Å². The monoisotopic (exact) mass is 313 g/mol. The second kappa shape index (κ2) is 4.68. The minimum atomic E-state index is 0.0545. The number of aromatic amines is 1. The van der Waals surface area contributed by atoms with E-state index in [2.05, 4.69) is 44.9 Å². The number of anilines is 1. The van der Waals surface area contributed by atoms with Gasteiger partial charge in [0.25, 0.3) is 0 Å². The van der Waals surface area contributed by atoms with Crippen molar-refractivity contribution < 1.29 is 4.74 Å². The molecule has 0 radical (unpaired) electrons. The van der Waals surface area contributed by atoms with Gasteiger partial charge in [0.1, 0.15) is 17.8 Å². The van der Waals surface area contributed by atoms with E-state index >= 15 is 0 Å². The molecule has 3 fully saturated rings. The smallest absolute Gasteiger partial charge is 0.142 e. The summed E-state index contributed by atoms with van der Waals surface area (Å²) in [4.78, 5) is 16.8. The van der Waals surface area contributed by atoms with E-state index in [1.807, 2.05) is 6.20 Å². The minimum absolute atomic E-state index is 0.0545. The van der Waals surface area contributed by atoms with Gasteiger partial charge in [0, 0.05) is 37.7 Å². The zero-order valence-electron chi connectivity index (χ0n) is 13.7. The highest BCUT2D eigenvalue weighted by atomic mass is 16.5. The molecule has 1 spiro atoms. The van der Waals surface area contributed by atoms with Crippen LogP contribution in [0.5, 0.6) is 0 Å². The van der Waals surface area contributed by atoms with Crippen LogP contribution in [0.3, 0.4) is 0 Å². The molecule has 0 aromatic carbocycles. The van der Waals surface area contributed by atoms with Crippen LogP contribution in [0.25, 0.3) is 11.0 Å². The molecule has 0 aliphatic carbocycles. The quantitative estimate of drug-likeness (QED) is 0.931. The molecule has 1 N–H and O–H groups in total. The van der Waals surface area contributed by atoms with Gasteiger partial charge in [-0.05, 0) is 33.0 Å². The summed E-state index contributed by atoms with van der Waals surface area (Å²) in [5.74, 6) is 2.32. The zero-order valence-corrected chi connectivity index (χ0v) is 13.7. The number of nitrogens with one attached hydrogen (secondary N) is 1. The molecule has 23 heavy (non-hydrogen) atoms. The molecule has 4 atom stereocenters. The summed E-state index contributed by atoms with van der Waals surface area (Å²) in [5, 5.41) is 1.11. The van der Waals surface area contributed by atoms with Crippen LogP contribution in [0.15, 0.2) is 18.6 Å². The maximum atomic E-state index is 6.52. The van der Waals surface area contributed by atoms with E-state index in [0.717, 1.165) is 36.5 Å². The number of ether oxygens (including phenoxy) is 1. The maximum Gasteiger partial charge on any atom is 0.142 e. The van der Waals surface area contributed by atoms with E-state index in [1.54, 1.807) is 6.33 Å². The number of rotatable bonds is 3. The van der Waals surface area contributed by atoms with E-state index in [0.29, 0.717) is 17.9 Å². The number of nitrogens with zero attached hydrogens (tertiary/aromatic N) is 4. The molecule has 2 bridgehead atoms. The first-order chi connectivity index (χ1) is 11.2. The van der Waals surface area contributed by atoms with Crippen LogP contribution in [-0.2, 0) is 4.74 Å². The fraction of sp³-hybridized carbons (Fsp3) is 0.647. The standard InChI is InChI=1S/C17H23N5O/c1-21(2)7-12-13-8-22(9-17(13)5-3-14(12)23-17)16-11-4-6-18-15(11)19-10-20-16/h4,6,10,12-14H,3,5,7-9H2,1-2H3,(H,18,19,20)/t12-,13+,14+,17+/m0/s1. The third-order valence-corrected chi connectivity index (χ3v) is 5.99. The lowest BCUT2D eigenvalue weighted by Gasteiger charge is -2.30. The average molecular weight is 313 g/mol. The summed E-state index contributed by atoms with van der Waals surface area (Å²) in [6.45, 7) is 3.13. The maximum absolute atomic E-state index is 6.52. The molecule has 0 amide bonds. The minimum Gasteiger partial charge on any atom is -0.369 e. The van der Waals surface area contributed by atoms with Crippen molar-refractivity contribution in [1.29, 1.82) is 0 Å². The van der Waals surface area contributed by atoms with E-state index in [4.69, 9.17) is 4.74 Å². The highest BCUT2D eigenvalue weighted by Gasteiger charge is 2.63. The van der Waals surface area contributed by atoms with Gasteiger partial charge in [-0.25, -0.2) is 9.97 Å². The summed E-state index contributed by atoms with van der Waals surface area (Å²) < 4.78 is 6.52. The predicted octanol–water partition coefficient (Wildman–Crippen LogP) is 1.50. The molecule has 0 unspecified atom stereocenters. The molecule has 0 saturated carbocycles. The highest BCUT2D eigenvalue weighted by Crippen LogP contribution is 2.55. The molecule has 6 nitrogen and oxygen atoms in total. The van der Waals surface area contributed by atoms with Gasteiger partial charge in [-0.2, -0.15) is 0 Å². The lowest BCUT2D eigenvalue weighted by atomic mass is 9.73. The average Bonchev–Trinajstić information content (AvgIpc) is 3.26. The molecule has 2 aromatic heterocycles. The third kappa shape index (κ3) is 1.88. The molecule has 3 aliphatic rings. The first-order valence-electron chi connectivity index (χ1n) is 8.52. The van der Waals surface area contributed by atoms with Gasteiger partial charge in [0.2, 0.25) is 0 Å². The Bertz CT molecular complexity index is 743. The Morgan fingerprint density at radius 2 is 2.35 bits per heavy atom. The topological polar surface area (TPSA) is 57.3 Å². The van der Waals surface area contributed by atoms with Crippen molar-refractivity contribution in [3.8, 4) is 0 Å². The molecule has 5 rings (SSSR count). The lowest BCUT2D eigenvalue weighted by Crippen LogP contribution is -2.40. The highest BCUT2D eigenvalue weighted by molar-refractivity contribution is 5.87. The van der Waals surface area contributed by atoms with Gasteiger partial charge in [-0.15, -0.1) is 0 Å². The molecule has 122 valence electrons. The molecular weight excluding hydrogens is 290 g/mol. The van der Waals surface area contributed by atoms with E-state index in [-0.39, 0.29) is 5.60 Å². The Labute approximate surface area is 135 Å². The van der Waals surface area contributed by atoms with Gasteiger partial charge in [-0.1, -0.05) is 0 Å². The zero-order chi connectivity index (χ0) is 15.6. The van der Waals surface area contributed by atoms with Crippen LogP contribution in [0.2, 0.25) is 0 Å². The molecular formula is C17H23N5O. The first kappa shape index (κ1) is 13.7. The van der Waals surface area contributed by atoms with Crippen LogP contribution in [-0.4, -0.2) is 65.3 Å². The van der Waals surface area contributed by atoms with E-state index in [1.165, 1.54) is 12.8 Å². The lowest BCUT2D eigenvalue weighted by molar-refractivity contribution is 0.0136. The predicted molar refractivity (Wildman–Crippen MR) is 88.5 cm³/mol. The Hall–Kier alpha value is -1.66. The third-order valence-electron chi connectivity index (χ3n) is 5.99. The molecule has 2 aromatic rings. The second-order valence-electron chi connectivity index (χ2n) is 7.61. The van der Waals surface area contributed by atoms with Gasteiger partial charge < -0.3 is 19.5 Å². The van der Waals surface area contributed by atoms with Crippen LogP contribution < -0.4 is 4.90 Å². The summed E-state index contributed by atoms with van der Waals surface area (Å²) in [7, 11) is 4.33. The number of H-pyrrole nitrogens is 1. The van der Waals surface area contributed by atoms with Crippen molar-refractivity contribution in [3.05, 3.63) is 18.6 Å². The molecule has 3 saturated heterocycles. The molecule has 6 heteroatoms. The van der Waals surface area contributed by atoms with Crippen LogP contribution in [0.4, 0.5) is 5.82 Å². The van der Waals surface area contributed by atoms with Crippen LogP contribution >= 0.6 is 0 Å². The van der Waals surface area contributed by atoms with Crippen LogP contribution in [0, 0.1) is 11.8 Å². The van der Waals surface area contributed by atoms with E-state index in [9.17, 15) is 0 Å². The Morgan fingerprint density at radius 1 is 1.43 bits per heavy atom. The Balaban J connectivity index is 1.49. The normalized spacial score (nSPS) is 35.6. The summed E-state index contributed by atoms with van der Waals surface area (Å²) in [5.41, 5.74) is 0.971. The largest absolute Gasteiger partial charge is 0.369 e. The van der Waals surface area contributed by atoms with Crippen molar-refractivity contribution in [2.75, 3.05) is 38.6 Å². The van der Waals surface area contributed by atoms with Crippen LogP contribution in [0.1, 0.15) is 12.8 Å². The second-order valence-corrected chi connectivity index (χ2v) is 7.61. The number of fused-ring (bicyclic) bond motifs is 2. The number of hydrogen-bond acceptors (Lipinski definition) is 5. The number of aromatic nitrogens is 3. The van der Waals surface area contributed by atoms with Gasteiger partial charge >= 0.3 is 0 Å². The van der Waals surface area contributed by atoms with E-state index < -0.39 is 0 Å². The molecule has 3 aliphatic heterocycles. The van der Waals surface area contributed by atoms with Crippen molar-refractivity contribution >= 4 is 16.9 Å². The van der Waals surface area contributed by atoms with Crippen molar-refractivity contribution in [1.82, 2.24) is 19.9 Å². The van der Waals surface area contributed by atoms with Crippen molar-refractivity contribution in [3.63, 3.8) is 0 Å². The van der Waals surface area contributed by atoms with Crippen molar-refractivity contribution in [2.24, 2.45) is 11.8 Å². The Morgan fingerprint density at radius 3 is 3.22 bits per heavy atom. The SMILES string of the molecule is CN(C)C[C@H]1[C@H]2CN(c3ncnc4[nH]ccc34)C[C@]23CC[C@H]1O3. The fourth-order valence-electron chi connectivity index (χ4n) is 5.13. The van der Waals surface area contributed by atoms with Gasteiger partial charge in [-0.3, -0.25) is 0 Å². The van der Waals surface area contributed by atoms with Gasteiger partial charge in [0.05, 0.1) is 17.1 Å². The Kier molecular flexibility index (Phi) is 2.79. The van der Waals surface area contributed by atoms with Crippen molar-refractivity contribution in [2.45, 2.75) is 24.5 Å². The summed E-state index contributed by atoms with van der Waals surface area (Å²) in [6.07, 6.45) is 6.48. The summed E-state index contributed by atoms with van der Waals surface area (Å²) in [6, 6.07) is 2.08. The summed E-state index contributed by atoms with van der Waals surface area (Å²) >= 11 is 0. The molecule has 5 heterocycles. The number of hydrogen-bond donors (Lipinski definition) is 1.